The third kappa shape index (κ3) is 2.33. The summed E-state index contributed by atoms with van der Waals surface area (Å²) in [6.45, 7) is 5.42. The zero-order valence-electron chi connectivity index (χ0n) is 13.3. The largest absolute Gasteiger partial charge is 0.497 e. The second kappa shape index (κ2) is 5.68. The zero-order valence-corrected chi connectivity index (χ0v) is 14.1. The fraction of sp³-hybridized carbons (Fsp3) is 0.118. The van der Waals surface area contributed by atoms with Crippen molar-refractivity contribution in [2.24, 2.45) is 0 Å². The molecule has 2 aromatic carbocycles. The third-order valence-corrected chi connectivity index (χ3v) is 5.39. The standard InChI is InChI=1S/C17H16N2O4S/c1-12(2)18-15-6-4-5-7-16(15)19(17(18)20)24(21,22)14-10-8-13(23-3)9-11-14/h4-11H,1H2,2-3H3. The second-order valence-corrected chi connectivity index (χ2v) is 7.07. The van der Waals surface area contributed by atoms with Crippen LogP contribution in [0.2, 0.25) is 0 Å². The van der Waals surface area contributed by atoms with Crippen molar-refractivity contribution in [3.05, 3.63) is 65.6 Å². The van der Waals surface area contributed by atoms with Gasteiger partial charge < -0.3 is 4.74 Å². The molecule has 0 spiro atoms. The topological polar surface area (TPSA) is 70.3 Å². The van der Waals surface area contributed by atoms with Gasteiger partial charge >= 0.3 is 5.69 Å². The molecule has 0 aliphatic heterocycles. The number of fused-ring (bicyclic) bond motifs is 1. The van der Waals surface area contributed by atoms with Crippen LogP contribution in [0.5, 0.6) is 5.75 Å². The number of methoxy groups -OCH3 is 1. The summed E-state index contributed by atoms with van der Waals surface area (Å²) in [7, 11) is -2.55. The third-order valence-electron chi connectivity index (χ3n) is 3.69. The molecule has 1 aromatic heterocycles. The first-order valence-corrected chi connectivity index (χ1v) is 8.60. The molecule has 0 N–H and O–H groups in total. The molecule has 0 saturated carbocycles. The van der Waals surface area contributed by atoms with E-state index in [9.17, 15) is 13.2 Å². The van der Waals surface area contributed by atoms with Gasteiger partial charge in [0.05, 0.1) is 23.0 Å². The van der Waals surface area contributed by atoms with E-state index in [2.05, 4.69) is 6.58 Å². The van der Waals surface area contributed by atoms with Crippen molar-refractivity contribution in [1.29, 1.82) is 0 Å². The van der Waals surface area contributed by atoms with E-state index in [1.165, 1.54) is 35.9 Å². The monoisotopic (exact) mass is 344 g/mol. The van der Waals surface area contributed by atoms with E-state index in [4.69, 9.17) is 4.74 Å². The van der Waals surface area contributed by atoms with Crippen LogP contribution >= 0.6 is 0 Å². The van der Waals surface area contributed by atoms with Crippen LogP contribution in [0.15, 0.2) is 64.8 Å². The predicted octanol–water partition coefficient (Wildman–Crippen LogP) is 2.54. The second-order valence-electron chi connectivity index (χ2n) is 5.29. The van der Waals surface area contributed by atoms with Gasteiger partial charge in [-0.15, -0.1) is 0 Å². The summed E-state index contributed by atoms with van der Waals surface area (Å²) in [5.74, 6) is 0.533. The van der Waals surface area contributed by atoms with Crippen molar-refractivity contribution in [2.75, 3.05) is 7.11 Å². The Bertz CT molecular complexity index is 1090. The normalized spacial score (nSPS) is 11.6. The van der Waals surface area contributed by atoms with Crippen LogP contribution in [-0.2, 0) is 10.0 Å². The highest BCUT2D eigenvalue weighted by atomic mass is 32.2. The summed E-state index contributed by atoms with van der Waals surface area (Å²) >= 11 is 0. The minimum atomic E-state index is -4.05. The number of allylic oxidation sites excluding steroid dienone is 1. The van der Waals surface area contributed by atoms with E-state index in [0.717, 1.165) is 3.97 Å². The SMILES string of the molecule is C=C(C)n1c(=O)n(S(=O)(=O)c2ccc(OC)cc2)c2ccccc21. The molecular weight excluding hydrogens is 328 g/mol. The molecule has 0 aliphatic rings. The molecule has 6 nitrogen and oxygen atoms in total. The molecule has 0 bridgehead atoms. The first kappa shape index (κ1) is 16.1. The maximum atomic E-state index is 13.0. The maximum Gasteiger partial charge on any atom is 0.347 e. The first-order valence-electron chi connectivity index (χ1n) is 7.16. The lowest BCUT2D eigenvalue weighted by Crippen LogP contribution is -2.28. The summed E-state index contributed by atoms with van der Waals surface area (Å²) in [5, 5.41) is 0. The number of rotatable bonds is 4. The molecule has 124 valence electrons. The van der Waals surface area contributed by atoms with Crippen LogP contribution in [0.3, 0.4) is 0 Å². The van der Waals surface area contributed by atoms with Crippen LogP contribution in [0.4, 0.5) is 0 Å². The highest BCUT2D eigenvalue weighted by molar-refractivity contribution is 7.90. The van der Waals surface area contributed by atoms with Crippen LogP contribution in [0.1, 0.15) is 6.92 Å². The van der Waals surface area contributed by atoms with E-state index in [0.29, 0.717) is 22.5 Å². The lowest BCUT2D eigenvalue weighted by molar-refractivity contribution is 0.414. The molecule has 3 rings (SSSR count). The highest BCUT2D eigenvalue weighted by Crippen LogP contribution is 2.22. The van der Waals surface area contributed by atoms with Gasteiger partial charge in [0.25, 0.3) is 10.0 Å². The number of para-hydroxylation sites is 2. The maximum absolute atomic E-state index is 13.0. The summed E-state index contributed by atoms with van der Waals surface area (Å²) in [6, 6.07) is 12.6. The molecule has 24 heavy (non-hydrogen) atoms. The lowest BCUT2D eigenvalue weighted by atomic mass is 10.3. The molecule has 0 radical (unpaired) electrons. The molecule has 0 aliphatic carbocycles. The number of hydrogen-bond acceptors (Lipinski definition) is 4. The van der Waals surface area contributed by atoms with E-state index in [1.807, 2.05) is 0 Å². The number of ether oxygens (including phenoxy) is 1. The van der Waals surface area contributed by atoms with Crippen LogP contribution in [0, 0.1) is 0 Å². The van der Waals surface area contributed by atoms with E-state index < -0.39 is 15.7 Å². The molecule has 0 fully saturated rings. The van der Waals surface area contributed by atoms with Crippen molar-refractivity contribution < 1.29 is 13.2 Å². The Morgan fingerprint density at radius 3 is 2.17 bits per heavy atom. The average Bonchev–Trinajstić information content (AvgIpc) is 2.87. The van der Waals surface area contributed by atoms with Gasteiger partial charge in [-0.3, -0.25) is 4.57 Å². The first-order chi connectivity index (χ1) is 11.4. The Morgan fingerprint density at radius 2 is 1.62 bits per heavy atom. The zero-order chi connectivity index (χ0) is 17.5. The minimum Gasteiger partial charge on any atom is -0.497 e. The Balaban J connectivity index is 2.34. The van der Waals surface area contributed by atoms with Crippen molar-refractivity contribution in [1.82, 2.24) is 8.54 Å². The molecule has 3 aromatic rings. The van der Waals surface area contributed by atoms with Gasteiger partial charge in [-0.05, 0) is 43.3 Å². The van der Waals surface area contributed by atoms with Crippen molar-refractivity contribution in [2.45, 2.75) is 11.8 Å². The van der Waals surface area contributed by atoms with E-state index in [-0.39, 0.29) is 4.90 Å². The Morgan fingerprint density at radius 1 is 1.04 bits per heavy atom. The van der Waals surface area contributed by atoms with Crippen molar-refractivity contribution in [3.63, 3.8) is 0 Å². The Hall–Kier alpha value is -2.80. The summed E-state index contributed by atoms with van der Waals surface area (Å²) in [5.41, 5.74) is 0.577. The minimum absolute atomic E-state index is 0.00928. The van der Waals surface area contributed by atoms with Crippen LogP contribution in [-0.4, -0.2) is 24.1 Å². The van der Waals surface area contributed by atoms with Gasteiger partial charge in [0.1, 0.15) is 5.75 Å². The number of imidazole rings is 1. The van der Waals surface area contributed by atoms with Gasteiger partial charge in [-0.25, -0.2) is 13.2 Å². The fourth-order valence-corrected chi connectivity index (χ4v) is 3.97. The predicted molar refractivity (Wildman–Crippen MR) is 92.8 cm³/mol. The molecule has 0 unspecified atom stereocenters. The summed E-state index contributed by atoms with van der Waals surface area (Å²) in [6.07, 6.45) is 0. The fourth-order valence-electron chi connectivity index (χ4n) is 2.58. The number of hydrogen-bond donors (Lipinski definition) is 0. The van der Waals surface area contributed by atoms with Crippen molar-refractivity contribution >= 4 is 26.8 Å². The highest BCUT2D eigenvalue weighted by Gasteiger charge is 2.25. The van der Waals surface area contributed by atoms with E-state index in [1.54, 1.807) is 31.2 Å². The van der Waals surface area contributed by atoms with Gasteiger partial charge in [-0.2, -0.15) is 3.97 Å². The number of aromatic nitrogens is 2. The molecule has 0 saturated heterocycles. The van der Waals surface area contributed by atoms with Gasteiger partial charge in [-0.1, -0.05) is 18.7 Å². The number of nitrogens with zero attached hydrogens (tertiary/aromatic N) is 2. The molecule has 0 atom stereocenters. The summed E-state index contributed by atoms with van der Waals surface area (Å²) < 4.78 is 33.1. The lowest BCUT2D eigenvalue weighted by Gasteiger charge is -2.06. The Labute approximate surface area is 139 Å². The number of benzene rings is 2. The summed E-state index contributed by atoms with van der Waals surface area (Å²) in [4.78, 5) is 12.7. The van der Waals surface area contributed by atoms with Crippen LogP contribution < -0.4 is 10.4 Å². The molecule has 7 heteroatoms. The molecule has 0 amide bonds. The molecule has 1 heterocycles. The van der Waals surface area contributed by atoms with Crippen molar-refractivity contribution in [3.8, 4) is 5.75 Å². The smallest absolute Gasteiger partial charge is 0.347 e. The van der Waals surface area contributed by atoms with Gasteiger partial charge in [0, 0.05) is 5.70 Å². The van der Waals surface area contributed by atoms with E-state index >= 15 is 0 Å². The van der Waals surface area contributed by atoms with Gasteiger partial charge in [0.2, 0.25) is 0 Å². The van der Waals surface area contributed by atoms with Gasteiger partial charge in [0.15, 0.2) is 0 Å². The molecular formula is C17H16N2O4S. The van der Waals surface area contributed by atoms with Crippen LogP contribution in [0.25, 0.3) is 16.7 Å². The average molecular weight is 344 g/mol. The Kier molecular flexibility index (Phi) is 3.81. The quantitative estimate of drug-likeness (QED) is 0.729.